The third-order valence-electron chi connectivity index (χ3n) is 3.60. The maximum atomic E-state index is 12.6. The van der Waals surface area contributed by atoms with Crippen LogP contribution in [-0.4, -0.2) is 36.3 Å². The van der Waals surface area contributed by atoms with Gasteiger partial charge in [-0.1, -0.05) is 6.92 Å². The maximum absolute atomic E-state index is 12.6. The number of hydrazine groups is 1. The van der Waals surface area contributed by atoms with E-state index in [0.29, 0.717) is 19.0 Å². The number of rotatable bonds is 3. The molecule has 0 aliphatic carbocycles. The van der Waals surface area contributed by atoms with Crippen molar-refractivity contribution in [3.05, 3.63) is 18.0 Å². The first-order valence-electron chi connectivity index (χ1n) is 6.53. The molecular formula is C12H20N4O3S. The number of nitrogens with zero attached hydrogens (tertiary/aromatic N) is 2. The van der Waals surface area contributed by atoms with Gasteiger partial charge in [0.15, 0.2) is 0 Å². The number of amides is 1. The molecule has 1 saturated heterocycles. The molecule has 20 heavy (non-hydrogen) atoms. The zero-order chi connectivity index (χ0) is 14.9. The number of hydrogen-bond donors (Lipinski definition) is 2. The van der Waals surface area contributed by atoms with E-state index in [-0.39, 0.29) is 10.6 Å². The van der Waals surface area contributed by atoms with Gasteiger partial charge >= 0.3 is 0 Å². The van der Waals surface area contributed by atoms with Gasteiger partial charge in [-0.15, -0.1) is 0 Å². The van der Waals surface area contributed by atoms with Gasteiger partial charge in [0.2, 0.25) is 10.0 Å². The molecule has 1 aliphatic heterocycles. The predicted octanol–water partition coefficient (Wildman–Crippen LogP) is 0.0492. The highest BCUT2D eigenvalue weighted by atomic mass is 32.2. The Kier molecular flexibility index (Phi) is 4.17. The van der Waals surface area contributed by atoms with Crippen LogP contribution in [0.25, 0.3) is 0 Å². The standard InChI is InChI=1S/C12H20N4O3S/c1-9-4-3-5-16(7-9)20(18,19)10-6-11(12(17)14-13)15(2)8-10/h6,8-9H,3-5,7,13H2,1-2H3,(H,14,17). The van der Waals surface area contributed by atoms with E-state index in [1.54, 1.807) is 7.05 Å². The molecule has 7 nitrogen and oxygen atoms in total. The minimum atomic E-state index is -3.55. The van der Waals surface area contributed by atoms with Crippen molar-refractivity contribution in [2.24, 2.45) is 18.8 Å². The molecule has 1 atom stereocenters. The summed E-state index contributed by atoms with van der Waals surface area (Å²) in [7, 11) is -1.93. The van der Waals surface area contributed by atoms with E-state index in [9.17, 15) is 13.2 Å². The Morgan fingerprint density at radius 3 is 2.80 bits per heavy atom. The summed E-state index contributed by atoms with van der Waals surface area (Å²) in [6, 6.07) is 1.36. The van der Waals surface area contributed by atoms with Gasteiger partial charge in [-0.05, 0) is 24.8 Å². The van der Waals surface area contributed by atoms with E-state index in [0.717, 1.165) is 12.8 Å². The molecule has 2 rings (SSSR count). The van der Waals surface area contributed by atoms with Crippen LogP contribution in [0, 0.1) is 5.92 Å². The Hall–Kier alpha value is -1.38. The average Bonchev–Trinajstić information content (AvgIpc) is 2.80. The summed E-state index contributed by atoms with van der Waals surface area (Å²) in [6.45, 7) is 3.09. The quantitative estimate of drug-likeness (QED) is 0.468. The van der Waals surface area contributed by atoms with E-state index in [4.69, 9.17) is 5.84 Å². The Balaban J connectivity index is 2.32. The number of piperidine rings is 1. The van der Waals surface area contributed by atoms with Gasteiger partial charge in [0.25, 0.3) is 5.91 Å². The second kappa shape index (κ2) is 5.55. The summed E-state index contributed by atoms with van der Waals surface area (Å²) >= 11 is 0. The maximum Gasteiger partial charge on any atom is 0.281 e. The van der Waals surface area contributed by atoms with Gasteiger partial charge in [0, 0.05) is 26.3 Å². The Morgan fingerprint density at radius 1 is 1.50 bits per heavy atom. The minimum absolute atomic E-state index is 0.132. The number of carbonyl (C=O) groups excluding carboxylic acids is 1. The number of hydrogen-bond acceptors (Lipinski definition) is 4. The van der Waals surface area contributed by atoms with E-state index >= 15 is 0 Å². The highest BCUT2D eigenvalue weighted by molar-refractivity contribution is 7.89. The summed E-state index contributed by atoms with van der Waals surface area (Å²) in [5.41, 5.74) is 2.22. The fourth-order valence-corrected chi connectivity index (χ4v) is 4.16. The number of nitrogens with two attached hydrogens (primary N) is 1. The van der Waals surface area contributed by atoms with Crippen molar-refractivity contribution in [2.45, 2.75) is 24.7 Å². The molecule has 0 saturated carbocycles. The number of nitrogen functional groups attached to an aromatic ring is 1. The van der Waals surface area contributed by atoms with Crippen molar-refractivity contribution in [1.82, 2.24) is 14.3 Å². The van der Waals surface area contributed by atoms with E-state index in [1.165, 1.54) is 21.1 Å². The SMILES string of the molecule is CC1CCCN(S(=O)(=O)c2cc(C(=O)NN)n(C)c2)C1. The number of nitrogens with one attached hydrogen (secondary N) is 1. The van der Waals surface area contributed by atoms with Crippen molar-refractivity contribution in [3.8, 4) is 0 Å². The van der Waals surface area contributed by atoms with Crippen molar-refractivity contribution < 1.29 is 13.2 Å². The lowest BCUT2D eigenvalue weighted by molar-refractivity contribution is 0.0945. The highest BCUT2D eigenvalue weighted by Crippen LogP contribution is 2.24. The van der Waals surface area contributed by atoms with Crippen LogP contribution in [0.1, 0.15) is 30.3 Å². The molecule has 1 amide bonds. The molecule has 8 heteroatoms. The third-order valence-corrected chi connectivity index (χ3v) is 5.43. The summed E-state index contributed by atoms with van der Waals surface area (Å²) < 4.78 is 28.1. The van der Waals surface area contributed by atoms with Gasteiger partial charge in [-0.3, -0.25) is 10.2 Å². The summed E-state index contributed by atoms with van der Waals surface area (Å²) in [5.74, 6) is 4.92. The molecule has 0 aromatic carbocycles. The van der Waals surface area contributed by atoms with Gasteiger partial charge in [-0.25, -0.2) is 14.3 Å². The molecule has 1 fully saturated rings. The van der Waals surface area contributed by atoms with Crippen molar-refractivity contribution >= 4 is 15.9 Å². The van der Waals surface area contributed by atoms with Gasteiger partial charge in [0.1, 0.15) is 10.6 Å². The van der Waals surface area contributed by atoms with E-state index in [2.05, 4.69) is 0 Å². The molecule has 1 unspecified atom stereocenters. The lowest BCUT2D eigenvalue weighted by Gasteiger charge is -2.29. The van der Waals surface area contributed by atoms with Gasteiger partial charge in [0.05, 0.1) is 0 Å². The fraction of sp³-hybridized carbons (Fsp3) is 0.583. The third kappa shape index (κ3) is 2.72. The Bertz CT molecular complexity index is 608. The van der Waals surface area contributed by atoms with Crippen LogP contribution in [0.2, 0.25) is 0 Å². The molecule has 1 aromatic rings. The number of aryl methyl sites for hydroxylation is 1. The van der Waals surface area contributed by atoms with Crippen LogP contribution < -0.4 is 11.3 Å². The first-order valence-corrected chi connectivity index (χ1v) is 7.97. The molecule has 2 heterocycles. The highest BCUT2D eigenvalue weighted by Gasteiger charge is 2.30. The van der Waals surface area contributed by atoms with Crippen LogP contribution in [0.5, 0.6) is 0 Å². The average molecular weight is 300 g/mol. The topological polar surface area (TPSA) is 97.4 Å². The zero-order valence-electron chi connectivity index (χ0n) is 11.7. The zero-order valence-corrected chi connectivity index (χ0v) is 12.5. The lowest BCUT2D eigenvalue weighted by atomic mass is 10.0. The van der Waals surface area contributed by atoms with E-state index in [1.807, 2.05) is 12.3 Å². The molecule has 1 aromatic heterocycles. The monoisotopic (exact) mass is 300 g/mol. The first kappa shape index (κ1) is 15.0. The van der Waals surface area contributed by atoms with Crippen molar-refractivity contribution in [2.75, 3.05) is 13.1 Å². The normalized spacial score (nSPS) is 20.9. The first-order chi connectivity index (χ1) is 9.36. The Morgan fingerprint density at radius 2 is 2.20 bits per heavy atom. The summed E-state index contributed by atoms with van der Waals surface area (Å²) in [4.78, 5) is 11.7. The largest absolute Gasteiger partial charge is 0.345 e. The van der Waals surface area contributed by atoms with Crippen molar-refractivity contribution in [1.29, 1.82) is 0 Å². The van der Waals surface area contributed by atoms with Crippen molar-refractivity contribution in [3.63, 3.8) is 0 Å². The summed E-state index contributed by atoms with van der Waals surface area (Å²) in [6.07, 6.45) is 3.35. The molecule has 0 bridgehead atoms. The summed E-state index contributed by atoms with van der Waals surface area (Å²) in [5, 5.41) is 0. The predicted molar refractivity (Wildman–Crippen MR) is 74.2 cm³/mol. The molecule has 1 aliphatic rings. The number of carbonyl (C=O) groups is 1. The number of aromatic nitrogens is 1. The van der Waals surface area contributed by atoms with Crippen LogP contribution in [-0.2, 0) is 17.1 Å². The molecular weight excluding hydrogens is 280 g/mol. The van der Waals surface area contributed by atoms with Crippen LogP contribution in [0.15, 0.2) is 17.2 Å². The second-order valence-corrected chi connectivity index (χ2v) is 7.19. The molecule has 0 radical (unpaired) electrons. The molecule has 112 valence electrons. The molecule has 0 spiro atoms. The van der Waals surface area contributed by atoms with Crippen LogP contribution in [0.4, 0.5) is 0 Å². The van der Waals surface area contributed by atoms with Gasteiger partial charge < -0.3 is 4.57 Å². The van der Waals surface area contributed by atoms with Crippen LogP contribution in [0.3, 0.4) is 0 Å². The fourth-order valence-electron chi connectivity index (χ4n) is 2.49. The minimum Gasteiger partial charge on any atom is -0.345 e. The molecule has 3 N–H and O–H groups in total. The number of sulfonamides is 1. The van der Waals surface area contributed by atoms with E-state index < -0.39 is 15.9 Å². The van der Waals surface area contributed by atoms with Crippen LogP contribution >= 0.6 is 0 Å². The lowest BCUT2D eigenvalue weighted by Crippen LogP contribution is -2.38. The smallest absolute Gasteiger partial charge is 0.281 e. The second-order valence-electron chi connectivity index (χ2n) is 5.26. The Labute approximate surface area is 118 Å². The van der Waals surface area contributed by atoms with Gasteiger partial charge in [-0.2, -0.15) is 4.31 Å².